The Morgan fingerprint density at radius 3 is 2.72 bits per heavy atom. The van der Waals surface area contributed by atoms with Crippen LogP contribution < -0.4 is 5.73 Å². The fraction of sp³-hybridized carbons (Fsp3) is 0.357. The van der Waals surface area contributed by atoms with Gasteiger partial charge in [-0.2, -0.15) is 0 Å². The van der Waals surface area contributed by atoms with E-state index in [2.05, 4.69) is 41.4 Å². The van der Waals surface area contributed by atoms with Crippen LogP contribution in [0.4, 0.5) is 0 Å². The van der Waals surface area contributed by atoms with Crippen molar-refractivity contribution in [2.24, 2.45) is 5.73 Å². The molecule has 0 saturated heterocycles. The molecule has 2 aromatic rings. The van der Waals surface area contributed by atoms with Gasteiger partial charge in [0.15, 0.2) is 0 Å². The molecular weight excluding hydrogens is 242 g/mol. The molecule has 0 aromatic carbocycles. The lowest BCUT2D eigenvalue weighted by Crippen LogP contribution is -2.32. The number of rotatable bonds is 5. The number of likely N-dealkylation sites (N-methyl/N-ethyl adjacent to an activating group) is 1. The number of nitrogens with zero attached hydrogens (tertiary/aromatic N) is 2. The average molecular weight is 261 g/mol. The molecule has 0 fully saturated rings. The minimum atomic E-state index is 0.156. The molecule has 0 radical (unpaired) electrons. The molecule has 96 valence electrons. The second-order valence-electron chi connectivity index (χ2n) is 4.36. The van der Waals surface area contributed by atoms with Gasteiger partial charge in [0.1, 0.15) is 0 Å². The van der Waals surface area contributed by atoms with E-state index in [-0.39, 0.29) is 6.04 Å². The quantitative estimate of drug-likeness (QED) is 0.900. The van der Waals surface area contributed by atoms with E-state index in [9.17, 15) is 0 Å². The first kappa shape index (κ1) is 13.2. The normalized spacial score (nSPS) is 14.7. The van der Waals surface area contributed by atoms with Gasteiger partial charge in [0.25, 0.3) is 0 Å². The largest absolute Gasteiger partial charge is 0.329 e. The number of nitrogens with two attached hydrogens (primary N) is 1. The van der Waals surface area contributed by atoms with Crippen LogP contribution >= 0.6 is 11.3 Å². The van der Waals surface area contributed by atoms with Crippen molar-refractivity contribution in [2.75, 3.05) is 13.6 Å². The molecule has 0 aliphatic heterocycles. The van der Waals surface area contributed by atoms with Crippen LogP contribution in [0.2, 0.25) is 0 Å². The molecule has 4 heteroatoms. The third-order valence-electron chi connectivity index (χ3n) is 3.31. The van der Waals surface area contributed by atoms with Gasteiger partial charge in [0.2, 0.25) is 0 Å². The summed E-state index contributed by atoms with van der Waals surface area (Å²) in [5.74, 6) is 0. The number of hydrogen-bond donors (Lipinski definition) is 1. The highest BCUT2D eigenvalue weighted by molar-refractivity contribution is 7.10. The van der Waals surface area contributed by atoms with Crippen LogP contribution in [0.5, 0.6) is 0 Å². The van der Waals surface area contributed by atoms with Crippen molar-refractivity contribution < 1.29 is 0 Å². The van der Waals surface area contributed by atoms with E-state index in [4.69, 9.17) is 5.73 Å². The van der Waals surface area contributed by atoms with E-state index in [1.807, 2.05) is 24.4 Å². The van der Waals surface area contributed by atoms with E-state index < -0.39 is 0 Å². The Morgan fingerprint density at radius 1 is 1.33 bits per heavy atom. The van der Waals surface area contributed by atoms with E-state index in [0.717, 1.165) is 5.69 Å². The van der Waals surface area contributed by atoms with Gasteiger partial charge in [-0.3, -0.25) is 9.88 Å². The van der Waals surface area contributed by atoms with Crippen LogP contribution in [0.1, 0.15) is 29.6 Å². The number of hydrogen-bond acceptors (Lipinski definition) is 4. The first-order valence-corrected chi connectivity index (χ1v) is 6.98. The van der Waals surface area contributed by atoms with Crippen molar-refractivity contribution >= 4 is 11.3 Å². The zero-order valence-electron chi connectivity index (χ0n) is 10.8. The summed E-state index contributed by atoms with van der Waals surface area (Å²) in [6, 6.07) is 10.7. The van der Waals surface area contributed by atoms with Crippen LogP contribution in [0.3, 0.4) is 0 Å². The van der Waals surface area contributed by atoms with Gasteiger partial charge < -0.3 is 5.73 Å². The van der Waals surface area contributed by atoms with Gasteiger partial charge in [-0.15, -0.1) is 11.3 Å². The van der Waals surface area contributed by atoms with Crippen molar-refractivity contribution in [1.82, 2.24) is 9.88 Å². The molecule has 0 spiro atoms. The van der Waals surface area contributed by atoms with Crippen molar-refractivity contribution in [3.05, 3.63) is 52.5 Å². The summed E-state index contributed by atoms with van der Waals surface area (Å²) in [7, 11) is 2.11. The van der Waals surface area contributed by atoms with Crippen LogP contribution in [0, 0.1) is 0 Å². The van der Waals surface area contributed by atoms with Gasteiger partial charge in [-0.1, -0.05) is 12.1 Å². The number of thiophene rings is 1. The van der Waals surface area contributed by atoms with Crippen LogP contribution in [0.25, 0.3) is 0 Å². The zero-order chi connectivity index (χ0) is 13.0. The molecule has 18 heavy (non-hydrogen) atoms. The Balaban J connectivity index is 2.18. The summed E-state index contributed by atoms with van der Waals surface area (Å²) in [5.41, 5.74) is 6.95. The third kappa shape index (κ3) is 2.77. The molecule has 0 saturated carbocycles. The highest BCUT2D eigenvalue weighted by Gasteiger charge is 2.22. The maximum atomic E-state index is 5.92. The Bertz CT molecular complexity index is 455. The SMILES string of the molecule is CC(c1cccs1)N(C)C(CN)c1ccccn1. The van der Waals surface area contributed by atoms with Crippen molar-refractivity contribution in [3.8, 4) is 0 Å². The third-order valence-corrected chi connectivity index (χ3v) is 4.35. The predicted molar refractivity (Wildman–Crippen MR) is 76.5 cm³/mol. The Labute approximate surface area is 112 Å². The first-order valence-electron chi connectivity index (χ1n) is 6.10. The Hall–Kier alpha value is -1.23. The fourth-order valence-electron chi connectivity index (χ4n) is 2.07. The summed E-state index contributed by atoms with van der Waals surface area (Å²) in [4.78, 5) is 8.06. The van der Waals surface area contributed by atoms with E-state index in [1.165, 1.54) is 4.88 Å². The maximum Gasteiger partial charge on any atom is 0.0647 e. The molecule has 0 bridgehead atoms. The van der Waals surface area contributed by atoms with Crippen LogP contribution in [0.15, 0.2) is 41.9 Å². The standard InChI is InChI=1S/C14H19N3S/c1-11(14-7-5-9-18-14)17(2)13(10-15)12-6-3-4-8-16-12/h3-9,11,13H,10,15H2,1-2H3. The molecule has 2 N–H and O–H groups in total. The molecule has 2 heterocycles. The van der Waals surface area contributed by atoms with E-state index in [0.29, 0.717) is 12.6 Å². The molecule has 2 atom stereocenters. The molecule has 0 aliphatic carbocycles. The summed E-state index contributed by atoms with van der Waals surface area (Å²) in [6.07, 6.45) is 1.82. The van der Waals surface area contributed by atoms with Crippen LogP contribution in [-0.2, 0) is 0 Å². The van der Waals surface area contributed by atoms with Crippen LogP contribution in [-0.4, -0.2) is 23.5 Å². The molecule has 2 aromatic heterocycles. The van der Waals surface area contributed by atoms with Crippen molar-refractivity contribution in [1.29, 1.82) is 0 Å². The summed E-state index contributed by atoms with van der Waals surface area (Å²) in [6.45, 7) is 2.78. The number of pyridine rings is 1. The second-order valence-corrected chi connectivity index (χ2v) is 5.34. The van der Waals surface area contributed by atoms with Crippen molar-refractivity contribution in [2.45, 2.75) is 19.0 Å². The fourth-order valence-corrected chi connectivity index (χ4v) is 2.90. The van der Waals surface area contributed by atoms with Gasteiger partial charge in [-0.25, -0.2) is 0 Å². The Morgan fingerprint density at radius 2 is 2.17 bits per heavy atom. The minimum absolute atomic E-state index is 0.156. The smallest absolute Gasteiger partial charge is 0.0647 e. The zero-order valence-corrected chi connectivity index (χ0v) is 11.6. The lowest BCUT2D eigenvalue weighted by atomic mass is 10.1. The lowest BCUT2D eigenvalue weighted by molar-refractivity contribution is 0.189. The maximum absolute atomic E-state index is 5.92. The summed E-state index contributed by atoms with van der Waals surface area (Å²) in [5, 5.41) is 2.11. The predicted octanol–water partition coefficient (Wildman–Crippen LogP) is 2.84. The molecule has 0 aliphatic rings. The van der Waals surface area contributed by atoms with Gasteiger partial charge in [0.05, 0.1) is 11.7 Å². The highest BCUT2D eigenvalue weighted by Crippen LogP contribution is 2.29. The first-order chi connectivity index (χ1) is 8.74. The topological polar surface area (TPSA) is 42.1 Å². The van der Waals surface area contributed by atoms with Gasteiger partial charge in [-0.05, 0) is 37.6 Å². The Kier molecular flexibility index (Phi) is 4.47. The highest BCUT2D eigenvalue weighted by atomic mass is 32.1. The molecule has 0 amide bonds. The summed E-state index contributed by atoms with van der Waals surface area (Å²) >= 11 is 1.78. The number of aromatic nitrogens is 1. The monoisotopic (exact) mass is 261 g/mol. The van der Waals surface area contributed by atoms with Crippen molar-refractivity contribution in [3.63, 3.8) is 0 Å². The second kappa shape index (κ2) is 6.09. The van der Waals surface area contributed by atoms with Gasteiger partial charge in [0, 0.05) is 23.7 Å². The molecule has 2 unspecified atom stereocenters. The molecular formula is C14H19N3S. The van der Waals surface area contributed by atoms with E-state index >= 15 is 0 Å². The minimum Gasteiger partial charge on any atom is -0.329 e. The van der Waals surface area contributed by atoms with Gasteiger partial charge >= 0.3 is 0 Å². The van der Waals surface area contributed by atoms with E-state index in [1.54, 1.807) is 11.3 Å². The average Bonchev–Trinajstić information content (AvgIpc) is 2.94. The summed E-state index contributed by atoms with van der Waals surface area (Å²) < 4.78 is 0. The molecule has 2 rings (SSSR count). The lowest BCUT2D eigenvalue weighted by Gasteiger charge is -2.31. The molecule has 3 nitrogen and oxygen atoms in total.